The van der Waals surface area contributed by atoms with Gasteiger partial charge in [0, 0.05) is 32.7 Å². The summed E-state index contributed by atoms with van der Waals surface area (Å²) in [5.41, 5.74) is -0.961. The lowest BCUT2D eigenvalue weighted by Gasteiger charge is -2.29. The molecule has 0 bridgehead atoms. The van der Waals surface area contributed by atoms with E-state index in [2.05, 4.69) is 32.9 Å². The third kappa shape index (κ3) is 11.6. The monoisotopic (exact) mass is 497 g/mol. The Balaban J connectivity index is 0.00000676. The number of rotatable bonds is 7. The summed E-state index contributed by atoms with van der Waals surface area (Å²) in [7, 11) is 3.95. The predicted molar refractivity (Wildman–Crippen MR) is 123 cm³/mol. The average molecular weight is 497 g/mol. The minimum Gasteiger partial charge on any atom is -0.444 e. The Bertz CT molecular complexity index is 471. The summed E-state index contributed by atoms with van der Waals surface area (Å²) >= 11 is 0. The van der Waals surface area contributed by atoms with E-state index in [0.717, 1.165) is 25.1 Å². The van der Waals surface area contributed by atoms with Gasteiger partial charge in [0.1, 0.15) is 5.60 Å². The van der Waals surface area contributed by atoms with Gasteiger partial charge in [-0.2, -0.15) is 0 Å². The summed E-state index contributed by atoms with van der Waals surface area (Å²) in [6.45, 7) is 11.8. The van der Waals surface area contributed by atoms with E-state index in [-0.39, 0.29) is 24.0 Å². The molecule has 1 rings (SSSR count). The molecule has 27 heavy (non-hydrogen) atoms. The molecule has 7 nitrogen and oxygen atoms in total. The van der Waals surface area contributed by atoms with Crippen molar-refractivity contribution in [3.8, 4) is 0 Å². The van der Waals surface area contributed by atoms with Crippen molar-refractivity contribution >= 4 is 36.0 Å². The molecule has 3 N–H and O–H groups in total. The van der Waals surface area contributed by atoms with Gasteiger partial charge in [-0.15, -0.1) is 24.0 Å². The highest BCUT2D eigenvalue weighted by molar-refractivity contribution is 14.0. The standard InChI is InChI=1S/C19H39N5O2.HI/c1-18(2,3)26-17(25)23-19(4,5)14-22-16(20-6)21-12-13-24(7)15-10-8-9-11-15;/h15H,8-14H2,1-7H3,(H,23,25)(H2,20,21,22);1H. The zero-order valence-corrected chi connectivity index (χ0v) is 20.5. The molecule has 1 saturated carbocycles. The molecule has 0 saturated heterocycles. The molecule has 0 aliphatic heterocycles. The second-order valence-electron chi connectivity index (χ2n) is 8.78. The number of nitrogens with one attached hydrogen (secondary N) is 3. The van der Waals surface area contributed by atoms with Crippen LogP contribution in [-0.2, 0) is 4.74 Å². The minimum atomic E-state index is -0.503. The van der Waals surface area contributed by atoms with Gasteiger partial charge in [0.25, 0.3) is 0 Å². The van der Waals surface area contributed by atoms with Gasteiger partial charge in [-0.3, -0.25) is 4.99 Å². The van der Waals surface area contributed by atoms with Crippen LogP contribution in [-0.4, -0.2) is 67.9 Å². The van der Waals surface area contributed by atoms with E-state index >= 15 is 0 Å². The highest BCUT2D eigenvalue weighted by Crippen LogP contribution is 2.21. The molecule has 0 aromatic heterocycles. The second kappa shape index (κ2) is 11.9. The van der Waals surface area contributed by atoms with Gasteiger partial charge in [0.05, 0.1) is 5.54 Å². The lowest BCUT2D eigenvalue weighted by atomic mass is 10.1. The van der Waals surface area contributed by atoms with Crippen LogP contribution in [0.15, 0.2) is 4.99 Å². The average Bonchev–Trinajstić information content (AvgIpc) is 3.02. The van der Waals surface area contributed by atoms with Gasteiger partial charge in [-0.25, -0.2) is 4.79 Å². The number of carbonyl (C=O) groups is 1. The highest BCUT2D eigenvalue weighted by Gasteiger charge is 2.25. The van der Waals surface area contributed by atoms with Crippen molar-refractivity contribution in [3.05, 3.63) is 0 Å². The largest absolute Gasteiger partial charge is 0.444 e. The van der Waals surface area contributed by atoms with Gasteiger partial charge in [-0.1, -0.05) is 12.8 Å². The first-order valence-corrected chi connectivity index (χ1v) is 9.68. The molecular formula is C19H40IN5O2. The Morgan fingerprint density at radius 3 is 2.26 bits per heavy atom. The van der Waals surface area contributed by atoms with Gasteiger partial charge in [0.15, 0.2) is 5.96 Å². The number of carbonyl (C=O) groups excluding carboxylic acids is 1. The van der Waals surface area contributed by atoms with Crippen molar-refractivity contribution in [1.82, 2.24) is 20.9 Å². The number of aliphatic imine (C=N–C) groups is 1. The molecule has 0 radical (unpaired) electrons. The van der Waals surface area contributed by atoms with Gasteiger partial charge >= 0.3 is 6.09 Å². The van der Waals surface area contributed by atoms with E-state index < -0.39 is 17.2 Å². The molecule has 1 amide bonds. The number of nitrogens with zero attached hydrogens (tertiary/aromatic N) is 2. The van der Waals surface area contributed by atoms with Crippen LogP contribution in [0, 0.1) is 0 Å². The van der Waals surface area contributed by atoms with E-state index in [1.54, 1.807) is 7.05 Å². The number of amides is 1. The molecule has 1 fully saturated rings. The molecule has 0 unspecified atom stereocenters. The van der Waals surface area contributed by atoms with Gasteiger partial charge in [0.2, 0.25) is 0 Å². The van der Waals surface area contributed by atoms with Crippen LogP contribution in [0.25, 0.3) is 0 Å². The summed E-state index contributed by atoms with van der Waals surface area (Å²) in [6, 6.07) is 0.726. The lowest BCUT2D eigenvalue weighted by Crippen LogP contribution is -2.54. The van der Waals surface area contributed by atoms with Crippen molar-refractivity contribution < 1.29 is 9.53 Å². The van der Waals surface area contributed by atoms with Crippen molar-refractivity contribution in [3.63, 3.8) is 0 Å². The quantitative estimate of drug-likeness (QED) is 0.287. The molecule has 160 valence electrons. The van der Waals surface area contributed by atoms with Crippen LogP contribution >= 0.6 is 24.0 Å². The number of likely N-dealkylation sites (N-methyl/N-ethyl adjacent to an activating group) is 1. The third-order valence-electron chi connectivity index (χ3n) is 4.47. The molecule has 1 aliphatic carbocycles. The SMILES string of the molecule is CN=C(NCCN(C)C1CCCC1)NCC(C)(C)NC(=O)OC(C)(C)C.I. The molecule has 0 aromatic carbocycles. The van der Waals surface area contributed by atoms with Crippen molar-refractivity contribution in [2.75, 3.05) is 33.7 Å². The molecular weight excluding hydrogens is 457 g/mol. The maximum absolute atomic E-state index is 11.9. The first-order valence-electron chi connectivity index (χ1n) is 9.68. The zero-order valence-electron chi connectivity index (χ0n) is 18.1. The molecule has 8 heteroatoms. The molecule has 0 atom stereocenters. The lowest BCUT2D eigenvalue weighted by molar-refractivity contribution is 0.0474. The molecule has 0 aromatic rings. The van der Waals surface area contributed by atoms with Gasteiger partial charge < -0.3 is 25.6 Å². The summed E-state index contributed by atoms with van der Waals surface area (Å²) in [4.78, 5) is 18.6. The third-order valence-corrected chi connectivity index (χ3v) is 4.47. The van der Waals surface area contributed by atoms with E-state index in [1.807, 2.05) is 34.6 Å². The Morgan fingerprint density at radius 2 is 1.74 bits per heavy atom. The van der Waals surface area contributed by atoms with Crippen LogP contribution in [0.2, 0.25) is 0 Å². The van der Waals surface area contributed by atoms with E-state index in [4.69, 9.17) is 4.74 Å². The van der Waals surface area contributed by atoms with E-state index in [0.29, 0.717) is 6.54 Å². The van der Waals surface area contributed by atoms with E-state index in [9.17, 15) is 4.79 Å². The number of ether oxygens (including phenoxy) is 1. The fraction of sp³-hybridized carbons (Fsp3) is 0.895. The van der Waals surface area contributed by atoms with E-state index in [1.165, 1.54) is 25.7 Å². The maximum atomic E-state index is 11.9. The topological polar surface area (TPSA) is 78.0 Å². The van der Waals surface area contributed by atoms with Gasteiger partial charge in [-0.05, 0) is 54.5 Å². The fourth-order valence-electron chi connectivity index (χ4n) is 3.03. The summed E-state index contributed by atoms with van der Waals surface area (Å²) < 4.78 is 5.32. The summed E-state index contributed by atoms with van der Waals surface area (Å²) in [5, 5.41) is 9.50. The fourth-order valence-corrected chi connectivity index (χ4v) is 3.03. The summed E-state index contributed by atoms with van der Waals surface area (Å²) in [5.74, 6) is 0.740. The zero-order chi connectivity index (χ0) is 19.8. The van der Waals surface area contributed by atoms with Crippen molar-refractivity contribution in [2.45, 2.75) is 77.5 Å². The van der Waals surface area contributed by atoms with Crippen LogP contribution in [0.5, 0.6) is 0 Å². The highest BCUT2D eigenvalue weighted by atomic mass is 127. The first kappa shape index (κ1) is 26.2. The molecule has 0 heterocycles. The molecule has 0 spiro atoms. The number of halogens is 1. The Hall–Kier alpha value is -0.770. The van der Waals surface area contributed by atoms with Crippen LogP contribution in [0.4, 0.5) is 4.79 Å². The first-order chi connectivity index (χ1) is 12.0. The Labute approximate surface area is 182 Å². The molecule has 1 aliphatic rings. The number of hydrogen-bond donors (Lipinski definition) is 3. The Kier molecular flexibility index (Phi) is 11.6. The second-order valence-corrected chi connectivity index (χ2v) is 8.78. The minimum absolute atomic E-state index is 0. The number of hydrogen-bond acceptors (Lipinski definition) is 4. The van der Waals surface area contributed by atoms with Crippen LogP contribution in [0.3, 0.4) is 0 Å². The summed E-state index contributed by atoms with van der Waals surface area (Å²) in [6.07, 6.45) is 4.92. The van der Waals surface area contributed by atoms with Crippen LogP contribution < -0.4 is 16.0 Å². The number of guanidine groups is 1. The van der Waals surface area contributed by atoms with Crippen molar-refractivity contribution in [2.24, 2.45) is 4.99 Å². The van der Waals surface area contributed by atoms with Crippen molar-refractivity contribution in [1.29, 1.82) is 0 Å². The normalized spacial score (nSPS) is 16.1. The maximum Gasteiger partial charge on any atom is 0.408 e. The number of alkyl carbamates (subject to hydrolysis) is 1. The predicted octanol–water partition coefficient (Wildman–Crippen LogP) is 2.95. The smallest absolute Gasteiger partial charge is 0.408 e. The Morgan fingerprint density at radius 1 is 1.15 bits per heavy atom. The van der Waals surface area contributed by atoms with Crippen LogP contribution in [0.1, 0.15) is 60.3 Å².